The average molecular weight is 247 g/mol. The summed E-state index contributed by atoms with van der Waals surface area (Å²) < 4.78 is 4.67. The van der Waals surface area contributed by atoms with Gasteiger partial charge in [0.2, 0.25) is 0 Å². The highest BCUT2D eigenvalue weighted by Crippen LogP contribution is 2.64. The van der Waals surface area contributed by atoms with Crippen LogP contribution < -0.4 is 0 Å². The van der Waals surface area contributed by atoms with Crippen molar-refractivity contribution in [3.05, 3.63) is 45.5 Å². The normalized spacial score (nSPS) is 32.1. The molecule has 5 nitrogen and oxygen atoms in total. The van der Waals surface area contributed by atoms with E-state index in [9.17, 15) is 14.9 Å². The van der Waals surface area contributed by atoms with Gasteiger partial charge in [-0.05, 0) is 24.0 Å². The van der Waals surface area contributed by atoms with Crippen molar-refractivity contribution in [3.63, 3.8) is 0 Å². The molecular weight excluding hydrogens is 234 g/mol. The van der Waals surface area contributed by atoms with E-state index in [4.69, 9.17) is 0 Å². The largest absolute Gasteiger partial charge is 0.464 e. The second-order valence-corrected chi connectivity index (χ2v) is 4.90. The minimum atomic E-state index is -1.54. The summed E-state index contributed by atoms with van der Waals surface area (Å²) in [5.74, 6) is -1.24. The Hall–Kier alpha value is -1.91. The lowest BCUT2D eigenvalue weighted by molar-refractivity contribution is -0.530. The van der Waals surface area contributed by atoms with Crippen LogP contribution in [0.25, 0.3) is 0 Å². The molecule has 0 heterocycles. The summed E-state index contributed by atoms with van der Waals surface area (Å²) in [6.45, 7) is 0. The first kappa shape index (κ1) is 11.2. The number of ether oxygens (including phenoxy) is 1. The van der Waals surface area contributed by atoms with Crippen molar-refractivity contribution < 1.29 is 14.5 Å². The molecule has 3 rings (SSSR count). The number of carbonyl (C=O) groups excluding carboxylic acids is 1. The standard InChI is InChI=1S/C13H13NO4/c1-18-12(15)13(14(16)17)10-7-6-8-4-2-3-5-9(8)11(10)13/h2-5,10-11H,6-7H2,1H3/t10-,11+,13+/m1/s1. The number of methoxy groups -OCH3 is 1. The zero-order valence-electron chi connectivity index (χ0n) is 9.96. The lowest BCUT2D eigenvalue weighted by atomic mass is 9.92. The number of aryl methyl sites for hydroxylation is 1. The topological polar surface area (TPSA) is 69.4 Å². The van der Waals surface area contributed by atoms with Crippen molar-refractivity contribution in [2.45, 2.75) is 24.3 Å². The number of carbonyl (C=O) groups is 1. The highest BCUT2D eigenvalue weighted by Gasteiger charge is 2.82. The molecule has 1 aromatic carbocycles. The molecule has 0 saturated heterocycles. The highest BCUT2D eigenvalue weighted by atomic mass is 16.6. The van der Waals surface area contributed by atoms with Crippen LogP contribution in [0.1, 0.15) is 23.5 Å². The molecule has 1 fully saturated rings. The van der Waals surface area contributed by atoms with Gasteiger partial charge in [-0.1, -0.05) is 24.3 Å². The number of nitro groups is 1. The van der Waals surface area contributed by atoms with E-state index >= 15 is 0 Å². The van der Waals surface area contributed by atoms with Gasteiger partial charge in [0.05, 0.1) is 18.9 Å². The van der Waals surface area contributed by atoms with Crippen LogP contribution in [0.5, 0.6) is 0 Å². The summed E-state index contributed by atoms with van der Waals surface area (Å²) >= 11 is 0. The third kappa shape index (κ3) is 1.14. The molecule has 3 atom stereocenters. The van der Waals surface area contributed by atoms with E-state index in [2.05, 4.69) is 4.74 Å². The number of esters is 1. The van der Waals surface area contributed by atoms with Gasteiger partial charge in [0.1, 0.15) is 0 Å². The fourth-order valence-electron chi connectivity index (χ4n) is 3.43. The summed E-state index contributed by atoms with van der Waals surface area (Å²) in [7, 11) is 1.21. The lowest BCUT2D eigenvalue weighted by Gasteiger charge is -2.11. The maximum Gasteiger partial charge on any atom is 0.385 e. The summed E-state index contributed by atoms with van der Waals surface area (Å²) in [4.78, 5) is 22.8. The van der Waals surface area contributed by atoms with Gasteiger partial charge in [-0.25, -0.2) is 4.79 Å². The van der Waals surface area contributed by atoms with Gasteiger partial charge in [-0.15, -0.1) is 0 Å². The van der Waals surface area contributed by atoms with Gasteiger partial charge in [0, 0.05) is 4.92 Å². The van der Waals surface area contributed by atoms with Crippen LogP contribution in [0.3, 0.4) is 0 Å². The average Bonchev–Trinajstić information content (AvgIpc) is 3.08. The number of hydrogen-bond acceptors (Lipinski definition) is 4. The molecule has 5 heteroatoms. The third-order valence-electron chi connectivity index (χ3n) is 4.26. The number of rotatable bonds is 2. The van der Waals surface area contributed by atoms with E-state index in [1.54, 1.807) is 0 Å². The number of nitrogens with zero attached hydrogens (tertiary/aromatic N) is 1. The van der Waals surface area contributed by atoms with Gasteiger partial charge < -0.3 is 4.74 Å². The van der Waals surface area contributed by atoms with Gasteiger partial charge in [-0.3, -0.25) is 10.1 Å². The second kappa shape index (κ2) is 3.54. The minimum absolute atomic E-state index is 0.213. The predicted molar refractivity (Wildman–Crippen MR) is 62.7 cm³/mol. The highest BCUT2D eigenvalue weighted by molar-refractivity contribution is 5.86. The molecule has 0 radical (unpaired) electrons. The maximum atomic E-state index is 11.8. The van der Waals surface area contributed by atoms with Crippen molar-refractivity contribution in [1.29, 1.82) is 0 Å². The molecule has 0 spiro atoms. The van der Waals surface area contributed by atoms with E-state index in [-0.39, 0.29) is 11.8 Å². The van der Waals surface area contributed by atoms with Gasteiger partial charge in [-0.2, -0.15) is 0 Å². The van der Waals surface area contributed by atoms with Gasteiger partial charge >= 0.3 is 11.5 Å². The minimum Gasteiger partial charge on any atom is -0.464 e. The zero-order chi connectivity index (χ0) is 12.9. The van der Waals surface area contributed by atoms with Crippen molar-refractivity contribution in [1.82, 2.24) is 0 Å². The van der Waals surface area contributed by atoms with Crippen LogP contribution in [0.15, 0.2) is 24.3 Å². The van der Waals surface area contributed by atoms with E-state index < -0.39 is 16.4 Å². The lowest BCUT2D eigenvalue weighted by Crippen LogP contribution is -2.36. The number of benzene rings is 1. The van der Waals surface area contributed by atoms with Crippen molar-refractivity contribution in [3.8, 4) is 0 Å². The van der Waals surface area contributed by atoms with Crippen LogP contribution in [0.2, 0.25) is 0 Å². The Labute approximate surface area is 104 Å². The number of fused-ring (bicyclic) bond motifs is 3. The second-order valence-electron chi connectivity index (χ2n) is 4.90. The van der Waals surface area contributed by atoms with Crippen molar-refractivity contribution >= 4 is 5.97 Å². The first-order valence-corrected chi connectivity index (χ1v) is 5.94. The molecule has 2 aliphatic rings. The SMILES string of the molecule is COC(=O)[C@]1([N+](=O)[O-])[C@@H]2CCc3ccccc3[C@@H]21. The quantitative estimate of drug-likeness (QED) is 0.451. The Morgan fingerprint density at radius 1 is 1.50 bits per heavy atom. The van der Waals surface area contributed by atoms with Gasteiger partial charge in [0.25, 0.3) is 0 Å². The van der Waals surface area contributed by atoms with E-state index in [1.165, 1.54) is 7.11 Å². The van der Waals surface area contributed by atoms with Crippen LogP contribution >= 0.6 is 0 Å². The Morgan fingerprint density at radius 3 is 2.89 bits per heavy atom. The molecule has 1 aromatic rings. The molecule has 18 heavy (non-hydrogen) atoms. The van der Waals surface area contributed by atoms with Crippen molar-refractivity contribution in [2.75, 3.05) is 7.11 Å². The monoisotopic (exact) mass is 247 g/mol. The van der Waals surface area contributed by atoms with E-state index in [1.807, 2.05) is 24.3 Å². The fraction of sp³-hybridized carbons (Fsp3) is 0.462. The summed E-state index contributed by atoms with van der Waals surface area (Å²) in [6.07, 6.45) is 1.47. The Kier molecular flexibility index (Phi) is 2.20. The Bertz CT molecular complexity index is 542. The zero-order valence-corrected chi connectivity index (χ0v) is 9.96. The molecule has 0 aromatic heterocycles. The van der Waals surface area contributed by atoms with Crippen LogP contribution in [0.4, 0.5) is 0 Å². The molecule has 0 aliphatic heterocycles. The molecule has 0 bridgehead atoms. The molecule has 0 N–H and O–H groups in total. The first-order valence-electron chi connectivity index (χ1n) is 5.94. The van der Waals surface area contributed by atoms with Crippen LogP contribution in [0, 0.1) is 16.0 Å². The van der Waals surface area contributed by atoms with Gasteiger partial charge in [0.15, 0.2) is 0 Å². The molecule has 94 valence electrons. The molecule has 1 saturated carbocycles. The summed E-state index contributed by atoms with van der Waals surface area (Å²) in [5, 5.41) is 11.4. The molecule has 0 amide bonds. The predicted octanol–water partition coefficient (Wildman–Crippen LogP) is 1.53. The van der Waals surface area contributed by atoms with Crippen LogP contribution in [-0.2, 0) is 16.0 Å². The van der Waals surface area contributed by atoms with E-state index in [0.717, 1.165) is 17.5 Å². The smallest absolute Gasteiger partial charge is 0.385 e. The van der Waals surface area contributed by atoms with E-state index in [0.29, 0.717) is 6.42 Å². The Morgan fingerprint density at radius 2 is 2.22 bits per heavy atom. The molecular formula is C13H13NO4. The number of hydrogen-bond donors (Lipinski definition) is 0. The third-order valence-corrected chi connectivity index (χ3v) is 4.26. The maximum absolute atomic E-state index is 11.8. The fourth-order valence-corrected chi connectivity index (χ4v) is 3.43. The van der Waals surface area contributed by atoms with Crippen LogP contribution in [-0.4, -0.2) is 23.5 Å². The summed E-state index contributed by atoms with van der Waals surface area (Å²) in [5.41, 5.74) is 0.517. The molecule has 2 aliphatic carbocycles. The Balaban J connectivity index is 2.09. The van der Waals surface area contributed by atoms with Crippen molar-refractivity contribution in [2.24, 2.45) is 5.92 Å². The molecule has 0 unspecified atom stereocenters. The summed E-state index contributed by atoms with van der Waals surface area (Å²) in [6, 6.07) is 7.65. The first-order chi connectivity index (χ1) is 8.64.